The molecule has 0 aliphatic heterocycles. The van der Waals surface area contributed by atoms with Gasteiger partial charge in [0.15, 0.2) is 11.0 Å². The molecule has 0 spiro atoms. The molecule has 1 saturated carbocycles. The Bertz CT molecular complexity index is 797. The third-order valence-corrected chi connectivity index (χ3v) is 7.11. The average molecular weight is 422 g/mol. The topological polar surface area (TPSA) is 94.1 Å². The molecule has 2 aromatic rings. The number of rotatable bonds is 8. The van der Waals surface area contributed by atoms with Crippen molar-refractivity contribution < 1.29 is 9.59 Å². The van der Waals surface area contributed by atoms with Gasteiger partial charge in [-0.15, -0.1) is 21.5 Å². The first-order valence-electron chi connectivity index (χ1n) is 9.59. The van der Waals surface area contributed by atoms with Crippen LogP contribution in [0.15, 0.2) is 22.7 Å². The summed E-state index contributed by atoms with van der Waals surface area (Å²) in [6, 6.07) is 4.25. The Labute approximate surface area is 173 Å². The molecule has 0 radical (unpaired) electrons. The van der Waals surface area contributed by atoms with Crippen LogP contribution in [0.2, 0.25) is 0 Å². The van der Waals surface area contributed by atoms with E-state index in [0.717, 1.165) is 23.6 Å². The molecule has 2 N–H and O–H groups in total. The number of hydrogen-bond donors (Lipinski definition) is 1. The van der Waals surface area contributed by atoms with Crippen LogP contribution in [0.4, 0.5) is 0 Å². The van der Waals surface area contributed by atoms with Crippen LogP contribution in [-0.4, -0.2) is 50.3 Å². The van der Waals surface area contributed by atoms with Gasteiger partial charge < -0.3 is 15.2 Å². The molecule has 0 atom stereocenters. The molecule has 2 heterocycles. The minimum absolute atomic E-state index is 0.103. The lowest BCUT2D eigenvalue weighted by Crippen LogP contribution is -2.40. The summed E-state index contributed by atoms with van der Waals surface area (Å²) < 4.78 is 1.89. The fourth-order valence-electron chi connectivity index (χ4n) is 3.47. The van der Waals surface area contributed by atoms with Crippen molar-refractivity contribution in [2.75, 3.05) is 12.8 Å². The normalized spacial score (nSPS) is 19.5. The highest BCUT2D eigenvalue weighted by Crippen LogP contribution is 2.29. The van der Waals surface area contributed by atoms with Gasteiger partial charge in [-0.3, -0.25) is 9.59 Å². The monoisotopic (exact) mass is 421 g/mol. The number of carbonyl (C=O) groups is 2. The summed E-state index contributed by atoms with van der Waals surface area (Å²) >= 11 is 2.93. The molecule has 2 aromatic heterocycles. The highest BCUT2D eigenvalue weighted by molar-refractivity contribution is 7.99. The van der Waals surface area contributed by atoms with E-state index >= 15 is 0 Å². The fraction of sp³-hybridized carbons (Fsp3) is 0.579. The van der Waals surface area contributed by atoms with Crippen LogP contribution < -0.4 is 5.73 Å². The Kier molecular flexibility index (Phi) is 7.12. The molecule has 1 fully saturated rings. The highest BCUT2D eigenvalue weighted by atomic mass is 32.2. The third kappa shape index (κ3) is 5.14. The SMILES string of the molecule is CC1CCC(N(C)C(=O)CSc2nnc(-c3cccs3)n2CCC(N)=O)CC1. The van der Waals surface area contributed by atoms with E-state index in [1.165, 1.54) is 24.6 Å². The van der Waals surface area contributed by atoms with Crippen LogP contribution >= 0.6 is 23.1 Å². The number of hydrogen-bond acceptors (Lipinski definition) is 6. The van der Waals surface area contributed by atoms with Gasteiger partial charge in [0.1, 0.15) is 0 Å². The number of thiophene rings is 1. The Morgan fingerprint density at radius 3 is 2.71 bits per heavy atom. The number of amides is 2. The summed E-state index contributed by atoms with van der Waals surface area (Å²) in [5, 5.41) is 11.2. The first-order valence-corrected chi connectivity index (χ1v) is 11.5. The molecule has 0 saturated heterocycles. The lowest BCUT2D eigenvalue weighted by atomic mass is 9.87. The quantitative estimate of drug-likeness (QED) is 0.661. The molecule has 0 aromatic carbocycles. The maximum atomic E-state index is 12.7. The summed E-state index contributed by atoms with van der Waals surface area (Å²) in [5.41, 5.74) is 5.32. The molecular weight excluding hydrogens is 394 g/mol. The molecule has 0 unspecified atom stereocenters. The lowest BCUT2D eigenvalue weighted by Gasteiger charge is -2.33. The standard InChI is InChI=1S/C19H27N5O2S2/c1-13-5-7-14(8-6-13)23(2)17(26)12-28-19-22-21-18(15-4-3-11-27-15)24(19)10-9-16(20)25/h3-4,11,13-14H,5-10,12H2,1-2H3,(H2,20,25). The minimum atomic E-state index is -0.371. The Morgan fingerprint density at radius 2 is 2.07 bits per heavy atom. The minimum Gasteiger partial charge on any atom is -0.370 e. The van der Waals surface area contributed by atoms with Crippen LogP contribution in [0.3, 0.4) is 0 Å². The maximum absolute atomic E-state index is 12.7. The molecule has 1 aliphatic rings. The number of nitrogens with zero attached hydrogens (tertiary/aromatic N) is 4. The van der Waals surface area contributed by atoms with Crippen molar-refractivity contribution >= 4 is 34.9 Å². The molecule has 152 valence electrons. The molecule has 7 nitrogen and oxygen atoms in total. The first kappa shape index (κ1) is 20.9. The van der Waals surface area contributed by atoms with Gasteiger partial charge in [-0.1, -0.05) is 24.8 Å². The maximum Gasteiger partial charge on any atom is 0.233 e. The van der Waals surface area contributed by atoms with Gasteiger partial charge in [0.05, 0.1) is 10.6 Å². The van der Waals surface area contributed by atoms with E-state index in [9.17, 15) is 9.59 Å². The average Bonchev–Trinajstić information content (AvgIpc) is 3.33. The molecular formula is C19H27N5O2S2. The highest BCUT2D eigenvalue weighted by Gasteiger charge is 2.25. The molecule has 1 aliphatic carbocycles. The van der Waals surface area contributed by atoms with E-state index in [0.29, 0.717) is 29.3 Å². The first-order chi connectivity index (χ1) is 13.5. The number of carbonyl (C=O) groups excluding carboxylic acids is 2. The summed E-state index contributed by atoms with van der Waals surface area (Å²) in [6.07, 6.45) is 4.72. The van der Waals surface area contributed by atoms with Crippen molar-refractivity contribution in [2.45, 2.75) is 56.8 Å². The predicted molar refractivity (Wildman–Crippen MR) is 112 cm³/mol. The van der Waals surface area contributed by atoms with Crippen molar-refractivity contribution in [1.82, 2.24) is 19.7 Å². The molecule has 3 rings (SSSR count). The second-order valence-electron chi connectivity index (χ2n) is 7.36. The fourth-order valence-corrected chi connectivity index (χ4v) is 5.07. The lowest BCUT2D eigenvalue weighted by molar-refractivity contribution is -0.129. The van der Waals surface area contributed by atoms with E-state index in [1.54, 1.807) is 11.3 Å². The molecule has 2 amide bonds. The summed E-state index contributed by atoms with van der Waals surface area (Å²) in [4.78, 5) is 26.8. The van der Waals surface area contributed by atoms with Gasteiger partial charge in [-0.25, -0.2) is 0 Å². The van der Waals surface area contributed by atoms with Crippen LogP contribution in [0.1, 0.15) is 39.0 Å². The van der Waals surface area contributed by atoms with Crippen molar-refractivity contribution in [1.29, 1.82) is 0 Å². The summed E-state index contributed by atoms with van der Waals surface area (Å²) in [6.45, 7) is 2.68. The van der Waals surface area contributed by atoms with Gasteiger partial charge in [-0.2, -0.15) is 0 Å². The van der Waals surface area contributed by atoms with Crippen LogP contribution in [0.5, 0.6) is 0 Å². The van der Waals surface area contributed by atoms with Gasteiger partial charge in [0.2, 0.25) is 11.8 Å². The number of thioether (sulfide) groups is 1. The zero-order valence-electron chi connectivity index (χ0n) is 16.3. The Hall–Kier alpha value is -1.87. The van der Waals surface area contributed by atoms with E-state index in [4.69, 9.17) is 5.73 Å². The van der Waals surface area contributed by atoms with E-state index in [1.807, 2.05) is 34.0 Å². The number of primary amides is 1. The summed E-state index contributed by atoms with van der Waals surface area (Å²) in [7, 11) is 1.90. The van der Waals surface area contributed by atoms with Gasteiger partial charge in [-0.05, 0) is 43.0 Å². The van der Waals surface area contributed by atoms with Crippen molar-refractivity contribution in [3.8, 4) is 10.7 Å². The van der Waals surface area contributed by atoms with Crippen LogP contribution in [0.25, 0.3) is 10.7 Å². The zero-order chi connectivity index (χ0) is 20.1. The molecule has 0 bridgehead atoms. The van der Waals surface area contributed by atoms with Crippen molar-refractivity contribution in [2.24, 2.45) is 11.7 Å². The molecule has 9 heteroatoms. The van der Waals surface area contributed by atoms with Gasteiger partial charge in [0, 0.05) is 26.1 Å². The Balaban J connectivity index is 1.66. The van der Waals surface area contributed by atoms with Gasteiger partial charge in [0.25, 0.3) is 0 Å². The zero-order valence-corrected chi connectivity index (χ0v) is 18.0. The van der Waals surface area contributed by atoms with E-state index < -0.39 is 0 Å². The Morgan fingerprint density at radius 1 is 1.32 bits per heavy atom. The van der Waals surface area contributed by atoms with Crippen molar-refractivity contribution in [3.63, 3.8) is 0 Å². The smallest absolute Gasteiger partial charge is 0.233 e. The third-order valence-electron chi connectivity index (χ3n) is 5.29. The van der Waals surface area contributed by atoms with E-state index in [2.05, 4.69) is 17.1 Å². The van der Waals surface area contributed by atoms with Gasteiger partial charge >= 0.3 is 0 Å². The molecule has 28 heavy (non-hydrogen) atoms. The van der Waals surface area contributed by atoms with Crippen LogP contribution in [-0.2, 0) is 16.1 Å². The largest absolute Gasteiger partial charge is 0.370 e. The second kappa shape index (κ2) is 9.56. The summed E-state index contributed by atoms with van der Waals surface area (Å²) in [5.74, 6) is 1.51. The second-order valence-corrected chi connectivity index (χ2v) is 9.25. The van der Waals surface area contributed by atoms with Crippen molar-refractivity contribution in [3.05, 3.63) is 17.5 Å². The number of aromatic nitrogens is 3. The number of nitrogens with two attached hydrogens (primary N) is 1. The predicted octanol–water partition coefficient (Wildman–Crippen LogP) is 3.01. The van der Waals surface area contributed by atoms with Crippen LogP contribution in [0, 0.1) is 5.92 Å². The van der Waals surface area contributed by atoms with E-state index in [-0.39, 0.29) is 18.2 Å².